The van der Waals surface area contributed by atoms with E-state index in [1.807, 2.05) is 32.9 Å². The monoisotopic (exact) mass is 572 g/mol. The van der Waals surface area contributed by atoms with Crippen LogP contribution in [-0.4, -0.2) is 73.3 Å². The highest BCUT2D eigenvalue weighted by Crippen LogP contribution is 2.34. The first-order chi connectivity index (χ1) is 20.3. The van der Waals surface area contributed by atoms with Crippen molar-refractivity contribution in [3.8, 4) is 11.1 Å². The van der Waals surface area contributed by atoms with Crippen molar-refractivity contribution in [3.63, 3.8) is 0 Å². The van der Waals surface area contributed by atoms with Crippen LogP contribution in [0, 0.1) is 20.8 Å². The molecule has 3 aromatic rings. The summed E-state index contributed by atoms with van der Waals surface area (Å²) in [5.74, 6) is -0.171. The molecule has 1 aromatic heterocycles. The Bertz CT molecular complexity index is 1440. The molecule has 2 N–H and O–H groups in total. The smallest absolute Gasteiger partial charge is 0.253 e. The summed E-state index contributed by atoms with van der Waals surface area (Å²) in [6, 6.07) is 15.1. The number of carbonyl (C=O) groups is 1. The van der Waals surface area contributed by atoms with Crippen LogP contribution >= 0.6 is 0 Å². The van der Waals surface area contributed by atoms with Gasteiger partial charge in [-0.3, -0.25) is 19.4 Å². The maximum atomic E-state index is 13.8. The molecule has 8 nitrogen and oxygen atoms in total. The van der Waals surface area contributed by atoms with Gasteiger partial charge in [0.1, 0.15) is 0 Å². The second-order valence-electron chi connectivity index (χ2n) is 11.5. The largest absolute Gasteiger partial charge is 0.379 e. The van der Waals surface area contributed by atoms with E-state index in [0.717, 1.165) is 93.5 Å². The number of aromatic nitrogens is 1. The van der Waals surface area contributed by atoms with Crippen molar-refractivity contribution in [2.45, 2.75) is 53.2 Å². The highest BCUT2D eigenvalue weighted by atomic mass is 16.5. The van der Waals surface area contributed by atoms with E-state index in [9.17, 15) is 9.59 Å². The standard InChI is InChI=1S/C34H44N4O4/c1-5-32(38-12-16-42-17-13-38)29-19-28(27-8-6-26(7-9-27)22-37-10-14-41-15-11-37)20-30(25(29)4)33(39)35-21-31-23(2)18-24(3)36-34(31)40/h6-9,18-20,32H,5,10-17,21-22H2,1-4H3,(H,35,39)(H,36,40). The van der Waals surface area contributed by atoms with E-state index in [4.69, 9.17) is 9.47 Å². The van der Waals surface area contributed by atoms with E-state index in [1.165, 1.54) is 11.1 Å². The minimum atomic E-state index is -0.171. The normalized spacial score (nSPS) is 17.2. The number of nitrogens with one attached hydrogen (secondary N) is 2. The maximum absolute atomic E-state index is 13.8. The van der Waals surface area contributed by atoms with Crippen LogP contribution in [-0.2, 0) is 22.6 Å². The van der Waals surface area contributed by atoms with E-state index in [2.05, 4.69) is 57.4 Å². The summed E-state index contributed by atoms with van der Waals surface area (Å²) in [6.07, 6.45) is 0.932. The predicted molar refractivity (Wildman–Crippen MR) is 166 cm³/mol. The molecule has 2 aliphatic rings. The summed E-state index contributed by atoms with van der Waals surface area (Å²) < 4.78 is 11.1. The van der Waals surface area contributed by atoms with Gasteiger partial charge in [-0.05, 0) is 78.8 Å². The molecule has 2 saturated heterocycles. The molecule has 2 fully saturated rings. The van der Waals surface area contributed by atoms with Gasteiger partial charge in [-0.25, -0.2) is 0 Å². The van der Waals surface area contributed by atoms with Crippen molar-refractivity contribution in [2.24, 2.45) is 0 Å². The van der Waals surface area contributed by atoms with Gasteiger partial charge in [0.05, 0.1) is 26.4 Å². The lowest BCUT2D eigenvalue weighted by atomic mass is 9.89. The van der Waals surface area contributed by atoms with Gasteiger partial charge in [-0.15, -0.1) is 0 Å². The molecule has 0 radical (unpaired) electrons. The van der Waals surface area contributed by atoms with E-state index < -0.39 is 0 Å². The molecular formula is C34H44N4O4. The predicted octanol–water partition coefficient (Wildman–Crippen LogP) is 4.51. The summed E-state index contributed by atoms with van der Waals surface area (Å²) in [7, 11) is 0. The maximum Gasteiger partial charge on any atom is 0.253 e. The van der Waals surface area contributed by atoms with Crippen molar-refractivity contribution in [2.75, 3.05) is 52.6 Å². The quantitative estimate of drug-likeness (QED) is 0.392. The molecule has 0 aliphatic carbocycles. The fourth-order valence-electron chi connectivity index (χ4n) is 6.23. The fourth-order valence-corrected chi connectivity index (χ4v) is 6.23. The first-order valence-corrected chi connectivity index (χ1v) is 15.2. The summed E-state index contributed by atoms with van der Waals surface area (Å²) in [5, 5.41) is 3.05. The number of hydrogen-bond acceptors (Lipinski definition) is 6. The zero-order chi connectivity index (χ0) is 29.6. The second kappa shape index (κ2) is 13.8. The molecule has 0 bridgehead atoms. The number of aryl methyl sites for hydroxylation is 2. The van der Waals surface area contributed by atoms with Crippen LogP contribution in [0.5, 0.6) is 0 Å². The average molecular weight is 573 g/mol. The Kier molecular flexibility index (Phi) is 9.90. The fraction of sp³-hybridized carbons (Fsp3) is 0.471. The summed E-state index contributed by atoms with van der Waals surface area (Å²) >= 11 is 0. The van der Waals surface area contributed by atoms with Crippen molar-refractivity contribution in [1.82, 2.24) is 20.1 Å². The number of pyridine rings is 1. The molecule has 1 amide bonds. The van der Waals surface area contributed by atoms with Crippen molar-refractivity contribution < 1.29 is 14.3 Å². The number of benzene rings is 2. The van der Waals surface area contributed by atoms with Gasteiger partial charge in [-0.2, -0.15) is 0 Å². The number of rotatable bonds is 9. The Morgan fingerprint density at radius 3 is 2.24 bits per heavy atom. The third-order valence-electron chi connectivity index (χ3n) is 8.64. The minimum absolute atomic E-state index is 0.158. The molecule has 1 atom stereocenters. The molecule has 8 heteroatoms. The lowest BCUT2D eigenvalue weighted by molar-refractivity contribution is 0.0151. The second-order valence-corrected chi connectivity index (χ2v) is 11.5. The Labute approximate surface area is 249 Å². The Morgan fingerprint density at radius 1 is 0.929 bits per heavy atom. The topological polar surface area (TPSA) is 86.9 Å². The van der Waals surface area contributed by atoms with E-state index in [-0.39, 0.29) is 24.1 Å². The van der Waals surface area contributed by atoms with Crippen LogP contribution in [0.4, 0.5) is 0 Å². The van der Waals surface area contributed by atoms with Crippen LogP contribution in [0.2, 0.25) is 0 Å². The number of aromatic amines is 1. The number of morpholine rings is 2. The average Bonchev–Trinajstić information content (AvgIpc) is 2.99. The first-order valence-electron chi connectivity index (χ1n) is 15.2. The molecule has 2 aliphatic heterocycles. The first kappa shape index (κ1) is 30.2. The van der Waals surface area contributed by atoms with Crippen LogP contribution in [0.15, 0.2) is 47.3 Å². The number of nitrogens with zero attached hydrogens (tertiary/aromatic N) is 2. The number of amides is 1. The lowest BCUT2D eigenvalue weighted by Crippen LogP contribution is -2.39. The van der Waals surface area contributed by atoms with Gasteiger partial charge < -0.3 is 19.8 Å². The van der Waals surface area contributed by atoms with Crippen LogP contribution in [0.1, 0.15) is 63.3 Å². The molecule has 2 aromatic carbocycles. The van der Waals surface area contributed by atoms with Crippen molar-refractivity contribution >= 4 is 5.91 Å². The third-order valence-corrected chi connectivity index (χ3v) is 8.64. The molecule has 224 valence electrons. The number of ether oxygens (including phenoxy) is 2. The SMILES string of the molecule is CCC(c1cc(-c2ccc(CN3CCOCC3)cc2)cc(C(=O)NCc2c(C)cc(C)[nH]c2=O)c1C)N1CCOCC1. The van der Waals surface area contributed by atoms with Crippen molar-refractivity contribution in [1.29, 1.82) is 0 Å². The minimum Gasteiger partial charge on any atom is -0.379 e. The van der Waals surface area contributed by atoms with E-state index in [0.29, 0.717) is 11.1 Å². The number of hydrogen-bond donors (Lipinski definition) is 2. The number of H-pyrrole nitrogens is 1. The Morgan fingerprint density at radius 2 is 1.60 bits per heavy atom. The molecule has 5 rings (SSSR count). The summed E-state index contributed by atoms with van der Waals surface area (Å²) in [5.41, 5.74) is 8.28. The van der Waals surface area contributed by atoms with Gasteiger partial charge in [0.2, 0.25) is 0 Å². The molecular weight excluding hydrogens is 528 g/mol. The highest BCUT2D eigenvalue weighted by molar-refractivity contribution is 5.97. The zero-order valence-corrected chi connectivity index (χ0v) is 25.4. The van der Waals surface area contributed by atoms with Crippen LogP contribution < -0.4 is 10.9 Å². The van der Waals surface area contributed by atoms with E-state index >= 15 is 0 Å². The zero-order valence-electron chi connectivity index (χ0n) is 25.4. The van der Waals surface area contributed by atoms with Gasteiger partial charge in [0.15, 0.2) is 0 Å². The molecule has 1 unspecified atom stereocenters. The Hall–Kier alpha value is -3.30. The molecule has 0 spiro atoms. The van der Waals surface area contributed by atoms with Crippen LogP contribution in [0.25, 0.3) is 11.1 Å². The highest BCUT2D eigenvalue weighted by Gasteiger charge is 2.26. The lowest BCUT2D eigenvalue weighted by Gasteiger charge is -2.35. The van der Waals surface area contributed by atoms with Gasteiger partial charge in [0.25, 0.3) is 11.5 Å². The summed E-state index contributed by atoms with van der Waals surface area (Å²) in [6.45, 7) is 15.8. The third kappa shape index (κ3) is 7.01. The number of carbonyl (C=O) groups excluding carboxylic acids is 1. The van der Waals surface area contributed by atoms with Crippen LogP contribution in [0.3, 0.4) is 0 Å². The van der Waals surface area contributed by atoms with Crippen molar-refractivity contribution in [3.05, 3.63) is 91.9 Å². The van der Waals surface area contributed by atoms with Gasteiger partial charge in [0, 0.05) is 62.1 Å². The summed E-state index contributed by atoms with van der Waals surface area (Å²) in [4.78, 5) is 34.1. The van der Waals surface area contributed by atoms with Gasteiger partial charge >= 0.3 is 0 Å². The molecule has 42 heavy (non-hydrogen) atoms. The Balaban J connectivity index is 1.46. The molecule has 3 heterocycles. The van der Waals surface area contributed by atoms with Gasteiger partial charge in [-0.1, -0.05) is 31.2 Å². The van der Waals surface area contributed by atoms with E-state index in [1.54, 1.807) is 0 Å². The molecule has 0 saturated carbocycles.